The normalized spacial score (nSPS) is 13.7. The van der Waals surface area contributed by atoms with Gasteiger partial charge in [-0.2, -0.15) is 0 Å². The Hall–Kier alpha value is -5.23. The number of dihydropyridines is 1. The van der Waals surface area contributed by atoms with Crippen molar-refractivity contribution in [2.24, 2.45) is 0 Å². The zero-order valence-corrected chi connectivity index (χ0v) is 22.3. The van der Waals surface area contributed by atoms with Crippen LogP contribution in [-0.4, -0.2) is 30.6 Å². The molecule has 192 valence electrons. The maximum Gasteiger partial charge on any atom is 0.145 e. The molecule has 7 aromatic rings. The molecule has 2 aromatic carbocycles. The van der Waals surface area contributed by atoms with E-state index in [1.54, 1.807) is 0 Å². The van der Waals surface area contributed by atoms with Crippen LogP contribution in [0.5, 0.6) is 0 Å². The van der Waals surface area contributed by atoms with Gasteiger partial charge in [0.1, 0.15) is 11.3 Å². The van der Waals surface area contributed by atoms with E-state index in [9.17, 15) is 0 Å². The molecule has 5 aromatic heterocycles. The van der Waals surface area contributed by atoms with Gasteiger partial charge in [-0.3, -0.25) is 14.1 Å². The van der Waals surface area contributed by atoms with Crippen LogP contribution in [0.3, 0.4) is 0 Å². The Balaban J connectivity index is 1.18. The first-order valence-corrected chi connectivity index (χ1v) is 13.5. The minimum absolute atomic E-state index is 0.675. The zero-order valence-electron chi connectivity index (χ0n) is 22.3. The fraction of sp³-hybridized carbons (Fsp3) is 0.0882. The summed E-state index contributed by atoms with van der Waals surface area (Å²) in [4.78, 5) is 14.3. The van der Waals surface area contributed by atoms with Gasteiger partial charge in [0.15, 0.2) is 0 Å². The fourth-order valence-corrected chi connectivity index (χ4v) is 5.96. The van der Waals surface area contributed by atoms with Crippen molar-refractivity contribution in [1.82, 2.24) is 29.4 Å². The van der Waals surface area contributed by atoms with Gasteiger partial charge in [0.2, 0.25) is 0 Å². The molecule has 1 aliphatic heterocycles. The van der Waals surface area contributed by atoms with Gasteiger partial charge >= 0.3 is 0 Å². The molecule has 0 aliphatic carbocycles. The van der Waals surface area contributed by atoms with Crippen LogP contribution in [0.25, 0.3) is 61.0 Å². The number of pyridine rings is 3. The Bertz CT molecular complexity index is 2180. The first-order chi connectivity index (χ1) is 19.7. The van der Waals surface area contributed by atoms with Crippen molar-refractivity contribution in [3.8, 4) is 5.69 Å². The third kappa shape index (κ3) is 3.39. The second-order valence-electron chi connectivity index (χ2n) is 10.5. The first-order valence-electron chi connectivity index (χ1n) is 13.5. The maximum atomic E-state index is 4.86. The lowest BCUT2D eigenvalue weighted by Crippen LogP contribution is -2.21. The molecule has 6 heteroatoms. The van der Waals surface area contributed by atoms with E-state index in [2.05, 4.69) is 101 Å². The largest absolute Gasteiger partial charge is 0.378 e. The lowest BCUT2D eigenvalue weighted by atomic mass is 10.1. The number of nitrogens with one attached hydrogen (secondary N) is 1. The molecule has 40 heavy (non-hydrogen) atoms. The van der Waals surface area contributed by atoms with Gasteiger partial charge in [-0.1, -0.05) is 23.3 Å². The number of benzene rings is 2. The molecule has 6 nitrogen and oxygen atoms in total. The summed E-state index contributed by atoms with van der Waals surface area (Å²) in [5.41, 5.74) is 10.7. The number of nitrogens with zero attached hydrogens (tertiary/aromatic N) is 5. The number of allylic oxidation sites excluding steroid dienone is 2. The second-order valence-corrected chi connectivity index (χ2v) is 10.5. The van der Waals surface area contributed by atoms with Crippen molar-refractivity contribution in [3.63, 3.8) is 0 Å². The summed E-state index contributed by atoms with van der Waals surface area (Å²) < 4.78 is 4.45. The Morgan fingerprint density at radius 2 is 1.30 bits per heavy atom. The van der Waals surface area contributed by atoms with E-state index in [0.717, 1.165) is 45.0 Å². The van der Waals surface area contributed by atoms with Crippen molar-refractivity contribution < 1.29 is 0 Å². The SMILES string of the molecule is Cc1ccc2c(c1)c1cccnc1n2C1=CC=C(c2ccc(-n3c4ccc(C)cc4c4cccnc43)cn2)NC1. The highest BCUT2D eigenvalue weighted by atomic mass is 15.1. The average molecular weight is 519 g/mol. The Morgan fingerprint density at radius 3 is 1.90 bits per heavy atom. The predicted octanol–water partition coefficient (Wildman–Crippen LogP) is 7.18. The zero-order chi connectivity index (χ0) is 26.8. The second kappa shape index (κ2) is 8.64. The molecule has 0 amide bonds. The molecule has 1 N–H and O–H groups in total. The Labute approximate surface area is 230 Å². The molecule has 0 saturated carbocycles. The first kappa shape index (κ1) is 22.7. The van der Waals surface area contributed by atoms with Gasteiger partial charge in [0.05, 0.1) is 40.9 Å². The monoisotopic (exact) mass is 518 g/mol. The van der Waals surface area contributed by atoms with Gasteiger partial charge < -0.3 is 5.32 Å². The number of rotatable bonds is 3. The van der Waals surface area contributed by atoms with Gasteiger partial charge in [-0.25, -0.2) is 9.97 Å². The van der Waals surface area contributed by atoms with E-state index < -0.39 is 0 Å². The molecular formula is C34H26N6. The molecule has 0 unspecified atom stereocenters. The van der Waals surface area contributed by atoms with E-state index in [1.807, 2.05) is 30.7 Å². The highest BCUT2D eigenvalue weighted by Gasteiger charge is 2.18. The topological polar surface area (TPSA) is 60.6 Å². The van der Waals surface area contributed by atoms with Crippen molar-refractivity contribution in [3.05, 3.63) is 120 Å². The molecule has 8 rings (SSSR count). The third-order valence-corrected chi connectivity index (χ3v) is 7.83. The molecule has 0 fully saturated rings. The molecule has 0 radical (unpaired) electrons. The standard InChI is InChI=1S/C34H26N6/c1-21-7-13-31-27(17-21)25-5-3-15-35-33(25)39(31)23-9-11-29(37-19-23)30-12-10-24(20-38-30)40-32-14-8-22(2)18-28(32)26-6-4-16-36-34(26)40/h3-19,38H,20H2,1-2H3. The minimum atomic E-state index is 0.675. The van der Waals surface area contributed by atoms with Crippen molar-refractivity contribution in [2.45, 2.75) is 13.8 Å². The lowest BCUT2D eigenvalue weighted by Gasteiger charge is -2.19. The number of aryl methyl sites for hydroxylation is 2. The highest BCUT2D eigenvalue weighted by molar-refractivity contribution is 6.09. The summed E-state index contributed by atoms with van der Waals surface area (Å²) in [5, 5.41) is 8.35. The van der Waals surface area contributed by atoms with Crippen LogP contribution in [0.2, 0.25) is 0 Å². The van der Waals surface area contributed by atoms with Crippen LogP contribution in [0.4, 0.5) is 0 Å². The molecule has 1 aliphatic rings. The summed E-state index contributed by atoms with van der Waals surface area (Å²) >= 11 is 0. The molecule has 0 bridgehead atoms. The van der Waals surface area contributed by atoms with Gasteiger partial charge in [-0.05, 0) is 86.7 Å². The number of hydrogen-bond acceptors (Lipinski definition) is 4. The summed E-state index contributed by atoms with van der Waals surface area (Å²) in [6.45, 7) is 4.93. The van der Waals surface area contributed by atoms with Crippen LogP contribution < -0.4 is 5.32 Å². The lowest BCUT2D eigenvalue weighted by molar-refractivity contribution is 0.942. The van der Waals surface area contributed by atoms with E-state index in [4.69, 9.17) is 15.0 Å². The van der Waals surface area contributed by atoms with Crippen molar-refractivity contribution in [1.29, 1.82) is 0 Å². The Morgan fingerprint density at radius 1 is 0.650 bits per heavy atom. The van der Waals surface area contributed by atoms with Gasteiger partial charge in [-0.15, -0.1) is 0 Å². The molecule has 0 atom stereocenters. The van der Waals surface area contributed by atoms with Crippen LogP contribution in [0.15, 0.2) is 104 Å². The van der Waals surface area contributed by atoms with Gasteiger partial charge in [0, 0.05) is 39.6 Å². The Kier molecular flexibility index (Phi) is 4.91. The van der Waals surface area contributed by atoms with Crippen molar-refractivity contribution in [2.75, 3.05) is 6.54 Å². The fourth-order valence-electron chi connectivity index (χ4n) is 5.96. The molecular weight excluding hydrogens is 492 g/mol. The maximum absolute atomic E-state index is 4.86. The highest BCUT2D eigenvalue weighted by Crippen LogP contribution is 2.33. The summed E-state index contributed by atoms with van der Waals surface area (Å²) in [7, 11) is 0. The van der Waals surface area contributed by atoms with Crippen LogP contribution >= 0.6 is 0 Å². The van der Waals surface area contributed by atoms with Crippen LogP contribution in [0.1, 0.15) is 16.8 Å². The minimum Gasteiger partial charge on any atom is -0.378 e. The third-order valence-electron chi connectivity index (χ3n) is 7.83. The molecule has 6 heterocycles. The van der Waals surface area contributed by atoms with Gasteiger partial charge in [0.25, 0.3) is 0 Å². The van der Waals surface area contributed by atoms with E-state index >= 15 is 0 Å². The average Bonchev–Trinajstić information content (AvgIpc) is 3.50. The number of aromatic nitrogens is 5. The number of fused-ring (bicyclic) bond motifs is 6. The number of hydrogen-bond donors (Lipinski definition) is 1. The predicted molar refractivity (Wildman–Crippen MR) is 163 cm³/mol. The van der Waals surface area contributed by atoms with Crippen molar-refractivity contribution >= 4 is 55.3 Å². The van der Waals surface area contributed by atoms with E-state index in [-0.39, 0.29) is 0 Å². The smallest absolute Gasteiger partial charge is 0.145 e. The molecule has 0 saturated heterocycles. The summed E-state index contributed by atoms with van der Waals surface area (Å²) in [6, 6.07) is 25.6. The quantitative estimate of drug-likeness (QED) is 0.269. The van der Waals surface area contributed by atoms with E-state index in [1.165, 1.54) is 32.8 Å². The summed E-state index contributed by atoms with van der Waals surface area (Å²) in [6.07, 6.45) is 9.93. The van der Waals surface area contributed by atoms with Crippen LogP contribution in [-0.2, 0) is 0 Å². The summed E-state index contributed by atoms with van der Waals surface area (Å²) in [5.74, 6) is 0. The van der Waals surface area contributed by atoms with Crippen LogP contribution in [0, 0.1) is 13.8 Å². The van der Waals surface area contributed by atoms with E-state index in [0.29, 0.717) is 6.54 Å². The molecule has 0 spiro atoms.